The van der Waals surface area contributed by atoms with Crippen LogP contribution in [0.3, 0.4) is 0 Å². The van der Waals surface area contributed by atoms with Crippen molar-refractivity contribution in [1.82, 2.24) is 9.55 Å². The van der Waals surface area contributed by atoms with Gasteiger partial charge in [0.05, 0.1) is 19.0 Å². The van der Waals surface area contributed by atoms with Crippen molar-refractivity contribution in [3.05, 3.63) is 18.7 Å². The lowest BCUT2D eigenvalue weighted by atomic mass is 10.2. The van der Waals surface area contributed by atoms with Crippen molar-refractivity contribution in [1.29, 1.82) is 0 Å². The smallest absolute Gasteiger partial charge is 0.414 e. The van der Waals surface area contributed by atoms with Crippen LogP contribution in [0.15, 0.2) is 18.7 Å². The lowest BCUT2D eigenvalue weighted by Crippen LogP contribution is -2.23. The van der Waals surface area contributed by atoms with Gasteiger partial charge in [-0.2, -0.15) is 11.8 Å². The Labute approximate surface area is 185 Å². The number of imidazole rings is 1. The Morgan fingerprint density at radius 1 is 0.967 bits per heavy atom. The van der Waals surface area contributed by atoms with Crippen LogP contribution in [0.5, 0.6) is 0 Å². The highest BCUT2D eigenvalue weighted by molar-refractivity contribution is 7.99. The first kappa shape index (κ1) is 28.5. The van der Waals surface area contributed by atoms with Crippen molar-refractivity contribution < 1.29 is 24.5 Å². The van der Waals surface area contributed by atoms with E-state index in [-0.39, 0.29) is 0 Å². The largest absolute Gasteiger partial charge is 0.473 e. The summed E-state index contributed by atoms with van der Waals surface area (Å²) in [6.45, 7) is 6.37. The van der Waals surface area contributed by atoms with Crippen molar-refractivity contribution in [2.75, 3.05) is 18.1 Å². The van der Waals surface area contributed by atoms with Gasteiger partial charge in [0, 0.05) is 24.8 Å². The first-order valence-corrected chi connectivity index (χ1v) is 12.3. The molecule has 8 heteroatoms. The molecule has 1 rings (SSSR count). The average Bonchev–Trinajstić information content (AvgIpc) is 3.23. The number of carbonyl (C=O) groups is 2. The van der Waals surface area contributed by atoms with Crippen molar-refractivity contribution in [2.24, 2.45) is 0 Å². The van der Waals surface area contributed by atoms with Gasteiger partial charge in [-0.15, -0.1) is 0 Å². The first-order chi connectivity index (χ1) is 14.5. The van der Waals surface area contributed by atoms with Gasteiger partial charge in [0.1, 0.15) is 0 Å². The molecule has 0 saturated carbocycles. The second kappa shape index (κ2) is 20.7. The zero-order valence-corrected chi connectivity index (χ0v) is 19.4. The monoisotopic (exact) mass is 444 g/mol. The number of nitrogens with zero attached hydrogens (tertiary/aromatic N) is 2. The fourth-order valence-electron chi connectivity index (χ4n) is 2.76. The number of aromatic nitrogens is 2. The molecule has 0 bridgehead atoms. The number of ether oxygens (including phenoxy) is 1. The molecule has 1 unspecified atom stereocenters. The molecule has 0 radical (unpaired) electrons. The third-order valence-electron chi connectivity index (χ3n) is 4.45. The Balaban J connectivity index is 0.00000122. The van der Waals surface area contributed by atoms with Crippen molar-refractivity contribution in [3.63, 3.8) is 0 Å². The molecule has 0 aliphatic heterocycles. The summed E-state index contributed by atoms with van der Waals surface area (Å²) in [6, 6.07) is 0. The minimum atomic E-state index is -1.82. The van der Waals surface area contributed by atoms with Crippen molar-refractivity contribution in [3.8, 4) is 0 Å². The molecule has 0 saturated heterocycles. The Morgan fingerprint density at radius 3 is 2.10 bits per heavy atom. The third kappa shape index (κ3) is 18.5. The summed E-state index contributed by atoms with van der Waals surface area (Å²) in [5.41, 5.74) is 0. The summed E-state index contributed by atoms with van der Waals surface area (Å²) in [5, 5.41) is 14.8. The number of unbranched alkanes of at least 4 members (excludes halogenated alkanes) is 8. The number of rotatable bonds is 17. The summed E-state index contributed by atoms with van der Waals surface area (Å²) in [6.07, 6.45) is 19.4. The summed E-state index contributed by atoms with van der Waals surface area (Å²) in [5.74, 6) is -1.28. The average molecular weight is 445 g/mol. The Hall–Kier alpha value is -1.54. The highest BCUT2D eigenvalue weighted by Gasteiger charge is 2.10. The molecule has 1 aromatic heterocycles. The molecule has 2 N–H and O–H groups in total. The molecule has 7 nitrogen and oxygen atoms in total. The predicted octanol–water partition coefficient (Wildman–Crippen LogP) is 5.10. The molecule has 0 aliphatic carbocycles. The quantitative estimate of drug-likeness (QED) is 0.255. The zero-order chi connectivity index (χ0) is 22.5. The van der Waals surface area contributed by atoms with E-state index in [0.717, 1.165) is 18.9 Å². The molecular formula is C22H40N2O5S. The van der Waals surface area contributed by atoms with Crippen molar-refractivity contribution >= 4 is 23.7 Å². The van der Waals surface area contributed by atoms with Gasteiger partial charge in [0.25, 0.3) is 0 Å². The van der Waals surface area contributed by atoms with Gasteiger partial charge in [0.2, 0.25) is 0 Å². The highest BCUT2D eigenvalue weighted by atomic mass is 32.2. The van der Waals surface area contributed by atoms with E-state index in [2.05, 4.69) is 35.2 Å². The van der Waals surface area contributed by atoms with E-state index in [0.29, 0.717) is 6.10 Å². The van der Waals surface area contributed by atoms with Gasteiger partial charge in [-0.25, -0.2) is 14.6 Å². The maximum Gasteiger partial charge on any atom is 0.414 e. The second-order valence-electron chi connectivity index (χ2n) is 7.27. The number of carboxylic acids is 2. The van der Waals surface area contributed by atoms with Crippen molar-refractivity contribution in [2.45, 2.75) is 90.7 Å². The Morgan fingerprint density at radius 2 is 1.57 bits per heavy atom. The molecular weight excluding hydrogens is 404 g/mol. The SMILES string of the molecule is CCCCCCCOC(CSCCCCCCC)Cn1ccnc1.O=C(O)C(=O)O. The van der Waals surface area contributed by atoms with Crippen LogP contribution < -0.4 is 0 Å². The minimum Gasteiger partial charge on any atom is -0.473 e. The molecule has 0 aliphatic rings. The van der Waals surface area contributed by atoms with E-state index in [9.17, 15) is 0 Å². The van der Waals surface area contributed by atoms with Crippen LogP contribution in [0.4, 0.5) is 0 Å². The molecule has 1 aromatic rings. The number of hydrogen-bond donors (Lipinski definition) is 2. The van der Waals surface area contributed by atoms with E-state index in [1.54, 1.807) is 0 Å². The van der Waals surface area contributed by atoms with Crippen LogP contribution in [0.2, 0.25) is 0 Å². The molecule has 0 aromatic carbocycles. The lowest BCUT2D eigenvalue weighted by Gasteiger charge is -2.18. The predicted molar refractivity (Wildman–Crippen MR) is 122 cm³/mol. The molecule has 1 atom stereocenters. The summed E-state index contributed by atoms with van der Waals surface area (Å²) in [4.78, 5) is 22.3. The van der Waals surface area contributed by atoms with Crippen LogP contribution in [0, 0.1) is 0 Å². The lowest BCUT2D eigenvalue weighted by molar-refractivity contribution is -0.159. The van der Waals surface area contributed by atoms with Gasteiger partial charge < -0.3 is 19.5 Å². The standard InChI is InChI=1S/C20H38N2OS.C2H2O4/c1-3-5-7-9-11-15-23-20(17-22-14-13-21-19-22)18-24-16-12-10-8-6-4-2;3-1(4)2(5)6/h13-14,19-20H,3-12,15-18H2,1-2H3;(H,3,4)(H,5,6). The number of aliphatic carboxylic acids is 2. The van der Waals surface area contributed by atoms with E-state index in [1.807, 2.05) is 18.7 Å². The summed E-state index contributed by atoms with van der Waals surface area (Å²) >= 11 is 2.05. The first-order valence-electron chi connectivity index (χ1n) is 11.1. The number of carboxylic acid groups (broad SMARTS) is 2. The Bertz CT molecular complexity index is 514. The van der Waals surface area contributed by atoms with Gasteiger partial charge in [-0.3, -0.25) is 0 Å². The Kier molecular flexibility index (Phi) is 19.7. The highest BCUT2D eigenvalue weighted by Crippen LogP contribution is 2.13. The van der Waals surface area contributed by atoms with Crippen LogP contribution >= 0.6 is 11.8 Å². The summed E-state index contributed by atoms with van der Waals surface area (Å²) < 4.78 is 8.31. The van der Waals surface area contributed by atoms with E-state index in [4.69, 9.17) is 24.5 Å². The van der Waals surface area contributed by atoms with Crippen LogP contribution in [-0.2, 0) is 20.9 Å². The second-order valence-corrected chi connectivity index (χ2v) is 8.42. The fourth-order valence-corrected chi connectivity index (χ4v) is 3.80. The molecule has 1 heterocycles. The van der Waals surface area contributed by atoms with Crippen LogP contribution in [0.1, 0.15) is 78.1 Å². The third-order valence-corrected chi connectivity index (χ3v) is 5.64. The minimum absolute atomic E-state index is 0.311. The maximum atomic E-state index is 9.10. The van der Waals surface area contributed by atoms with Crippen LogP contribution in [-0.4, -0.2) is 55.9 Å². The zero-order valence-electron chi connectivity index (χ0n) is 18.6. The molecule has 0 spiro atoms. The van der Waals surface area contributed by atoms with Gasteiger partial charge in [-0.1, -0.05) is 65.2 Å². The molecule has 0 fully saturated rings. The molecule has 174 valence electrons. The topological polar surface area (TPSA) is 102 Å². The van der Waals surface area contributed by atoms with E-state index >= 15 is 0 Å². The number of thioether (sulfide) groups is 1. The van der Waals surface area contributed by atoms with E-state index in [1.165, 1.54) is 70.0 Å². The number of hydrogen-bond acceptors (Lipinski definition) is 5. The van der Waals surface area contributed by atoms with Gasteiger partial charge in [0.15, 0.2) is 0 Å². The van der Waals surface area contributed by atoms with Crippen LogP contribution in [0.25, 0.3) is 0 Å². The normalized spacial score (nSPS) is 11.5. The molecule has 30 heavy (non-hydrogen) atoms. The van der Waals surface area contributed by atoms with E-state index < -0.39 is 11.9 Å². The van der Waals surface area contributed by atoms with Gasteiger partial charge in [-0.05, 0) is 18.6 Å². The summed E-state index contributed by atoms with van der Waals surface area (Å²) in [7, 11) is 0. The molecule has 0 amide bonds. The van der Waals surface area contributed by atoms with Gasteiger partial charge >= 0.3 is 11.9 Å². The fraction of sp³-hybridized carbons (Fsp3) is 0.773. The maximum absolute atomic E-state index is 9.10.